The van der Waals surface area contributed by atoms with Gasteiger partial charge in [0.1, 0.15) is 11.7 Å². The Bertz CT molecular complexity index is 598. The first-order valence-corrected chi connectivity index (χ1v) is 7.25. The summed E-state index contributed by atoms with van der Waals surface area (Å²) >= 11 is 0. The summed E-state index contributed by atoms with van der Waals surface area (Å²) < 4.78 is 2.03. The lowest BCUT2D eigenvalue weighted by Crippen LogP contribution is -2.51. The summed E-state index contributed by atoms with van der Waals surface area (Å²) in [6.45, 7) is 5.91. The molecule has 3 heterocycles. The van der Waals surface area contributed by atoms with E-state index in [0.717, 1.165) is 44.1 Å². The molecule has 1 N–H and O–H groups in total. The van der Waals surface area contributed by atoms with Crippen LogP contribution in [0.2, 0.25) is 0 Å². The maximum absolute atomic E-state index is 11.0. The molecule has 0 spiro atoms. The summed E-state index contributed by atoms with van der Waals surface area (Å²) in [7, 11) is 0. The molecule has 1 unspecified atom stereocenters. The van der Waals surface area contributed by atoms with Crippen molar-refractivity contribution in [1.82, 2.24) is 19.2 Å². The van der Waals surface area contributed by atoms with Crippen molar-refractivity contribution in [1.29, 1.82) is 0 Å². The molecule has 21 heavy (non-hydrogen) atoms. The molecule has 2 aromatic rings. The summed E-state index contributed by atoms with van der Waals surface area (Å²) in [5, 5.41) is 9.05. The van der Waals surface area contributed by atoms with Crippen molar-refractivity contribution in [2.45, 2.75) is 19.5 Å². The van der Waals surface area contributed by atoms with Crippen LogP contribution in [0.1, 0.15) is 12.6 Å². The van der Waals surface area contributed by atoms with Gasteiger partial charge in [0, 0.05) is 45.1 Å². The monoisotopic (exact) mass is 288 g/mol. The summed E-state index contributed by atoms with van der Waals surface area (Å²) in [4.78, 5) is 19.9. The van der Waals surface area contributed by atoms with Gasteiger partial charge in [-0.15, -0.1) is 0 Å². The van der Waals surface area contributed by atoms with Crippen molar-refractivity contribution < 1.29 is 9.90 Å². The molecule has 1 aliphatic rings. The van der Waals surface area contributed by atoms with Gasteiger partial charge < -0.3 is 9.51 Å². The zero-order valence-corrected chi connectivity index (χ0v) is 12.1. The molecule has 1 fully saturated rings. The number of carboxylic acid groups (broad SMARTS) is 1. The van der Waals surface area contributed by atoms with Gasteiger partial charge in [-0.3, -0.25) is 14.6 Å². The number of carbonyl (C=O) groups is 1. The van der Waals surface area contributed by atoms with E-state index in [4.69, 9.17) is 5.11 Å². The van der Waals surface area contributed by atoms with Gasteiger partial charge in [0.2, 0.25) is 0 Å². The Labute approximate surface area is 123 Å². The Hall–Kier alpha value is -1.92. The molecule has 6 nitrogen and oxygen atoms in total. The van der Waals surface area contributed by atoms with E-state index in [1.54, 1.807) is 6.92 Å². The van der Waals surface area contributed by atoms with Crippen molar-refractivity contribution in [3.8, 4) is 0 Å². The highest BCUT2D eigenvalue weighted by Crippen LogP contribution is 2.11. The van der Waals surface area contributed by atoms with Gasteiger partial charge in [-0.2, -0.15) is 0 Å². The topological polar surface area (TPSA) is 61.1 Å². The van der Waals surface area contributed by atoms with Crippen molar-refractivity contribution in [2.75, 3.05) is 26.2 Å². The second-order valence-electron chi connectivity index (χ2n) is 5.52. The predicted molar refractivity (Wildman–Crippen MR) is 79.1 cm³/mol. The zero-order valence-electron chi connectivity index (χ0n) is 12.1. The third-order valence-electron chi connectivity index (χ3n) is 4.11. The van der Waals surface area contributed by atoms with Crippen molar-refractivity contribution in [3.63, 3.8) is 0 Å². The van der Waals surface area contributed by atoms with Gasteiger partial charge in [0.15, 0.2) is 0 Å². The summed E-state index contributed by atoms with van der Waals surface area (Å²) in [6, 6.07) is 5.57. The smallest absolute Gasteiger partial charge is 0.320 e. The van der Waals surface area contributed by atoms with Crippen molar-refractivity contribution in [3.05, 3.63) is 36.3 Å². The fraction of sp³-hybridized carbons (Fsp3) is 0.467. The lowest BCUT2D eigenvalue weighted by molar-refractivity contribution is -0.143. The average molecular weight is 288 g/mol. The molecule has 0 aromatic carbocycles. The molecular formula is C15H20N4O2. The second-order valence-corrected chi connectivity index (χ2v) is 5.52. The maximum atomic E-state index is 11.0. The Balaban J connectivity index is 1.59. The SMILES string of the molecule is CC(C(=O)O)N1CCN(Cc2cn3ccccc3n2)CC1. The number of aromatic nitrogens is 2. The van der Waals surface area contributed by atoms with E-state index >= 15 is 0 Å². The van der Waals surface area contributed by atoms with Crippen LogP contribution < -0.4 is 0 Å². The van der Waals surface area contributed by atoms with E-state index in [9.17, 15) is 4.79 Å². The minimum absolute atomic E-state index is 0.401. The number of imidazole rings is 1. The van der Waals surface area contributed by atoms with E-state index in [0.29, 0.717) is 0 Å². The molecule has 0 saturated carbocycles. The molecule has 1 saturated heterocycles. The Morgan fingerprint density at radius 3 is 2.76 bits per heavy atom. The van der Waals surface area contributed by atoms with Crippen LogP contribution in [-0.4, -0.2) is 62.5 Å². The molecular weight excluding hydrogens is 268 g/mol. The van der Waals surface area contributed by atoms with E-state index in [1.807, 2.05) is 33.7 Å². The highest BCUT2D eigenvalue weighted by molar-refractivity contribution is 5.72. The van der Waals surface area contributed by atoms with Crippen molar-refractivity contribution in [2.24, 2.45) is 0 Å². The molecule has 112 valence electrons. The lowest BCUT2D eigenvalue weighted by atomic mass is 10.2. The quantitative estimate of drug-likeness (QED) is 0.906. The predicted octanol–water partition coefficient (Wildman–Crippen LogP) is 0.925. The number of hydrogen-bond acceptors (Lipinski definition) is 4. The Morgan fingerprint density at radius 2 is 2.10 bits per heavy atom. The highest BCUT2D eigenvalue weighted by Gasteiger charge is 2.25. The largest absolute Gasteiger partial charge is 0.480 e. The molecule has 6 heteroatoms. The second kappa shape index (κ2) is 5.83. The van der Waals surface area contributed by atoms with Gasteiger partial charge in [0.25, 0.3) is 0 Å². The van der Waals surface area contributed by atoms with Crippen LogP contribution in [0.3, 0.4) is 0 Å². The van der Waals surface area contributed by atoms with E-state index in [1.165, 1.54) is 0 Å². The molecule has 0 aliphatic carbocycles. The van der Waals surface area contributed by atoms with Crippen molar-refractivity contribution >= 4 is 11.6 Å². The third kappa shape index (κ3) is 3.06. The maximum Gasteiger partial charge on any atom is 0.320 e. The number of aliphatic carboxylic acids is 1. The van der Waals surface area contributed by atoms with Gasteiger partial charge in [-0.1, -0.05) is 6.07 Å². The van der Waals surface area contributed by atoms with Crippen LogP contribution >= 0.6 is 0 Å². The van der Waals surface area contributed by atoms with E-state index < -0.39 is 12.0 Å². The average Bonchev–Trinajstić information content (AvgIpc) is 2.89. The summed E-state index contributed by atoms with van der Waals surface area (Å²) in [5.41, 5.74) is 2.02. The molecule has 1 atom stereocenters. The third-order valence-corrected chi connectivity index (χ3v) is 4.11. The minimum atomic E-state index is -0.746. The standard InChI is InChI=1S/C15H20N4O2/c1-12(15(20)21)18-8-6-17(7-9-18)10-13-11-19-5-3-2-4-14(19)16-13/h2-5,11-12H,6-10H2,1H3,(H,20,21). The first-order chi connectivity index (χ1) is 10.1. The number of hydrogen-bond donors (Lipinski definition) is 1. The number of carboxylic acids is 1. The Kier molecular flexibility index (Phi) is 3.90. The zero-order chi connectivity index (χ0) is 14.8. The number of piperazine rings is 1. The number of fused-ring (bicyclic) bond motifs is 1. The van der Waals surface area contributed by atoms with Gasteiger partial charge >= 0.3 is 5.97 Å². The Morgan fingerprint density at radius 1 is 1.33 bits per heavy atom. The number of pyridine rings is 1. The first kappa shape index (κ1) is 14.0. The molecule has 0 bridgehead atoms. The fourth-order valence-electron chi connectivity index (χ4n) is 2.76. The van der Waals surface area contributed by atoms with Crippen LogP contribution in [0.15, 0.2) is 30.6 Å². The van der Waals surface area contributed by atoms with Gasteiger partial charge in [-0.05, 0) is 19.1 Å². The fourth-order valence-corrected chi connectivity index (χ4v) is 2.76. The summed E-state index contributed by atoms with van der Waals surface area (Å²) in [5.74, 6) is -0.746. The summed E-state index contributed by atoms with van der Waals surface area (Å²) in [6.07, 6.45) is 4.06. The number of nitrogens with zero attached hydrogens (tertiary/aromatic N) is 4. The van der Waals surface area contributed by atoms with Crippen LogP contribution in [0.4, 0.5) is 0 Å². The molecule has 0 radical (unpaired) electrons. The molecule has 2 aromatic heterocycles. The number of rotatable bonds is 4. The van der Waals surface area contributed by atoms with Crippen LogP contribution in [0.25, 0.3) is 5.65 Å². The van der Waals surface area contributed by atoms with Crippen LogP contribution in [0.5, 0.6) is 0 Å². The van der Waals surface area contributed by atoms with Gasteiger partial charge in [0.05, 0.1) is 5.69 Å². The van der Waals surface area contributed by atoms with E-state index in [2.05, 4.69) is 16.1 Å². The molecule has 0 amide bonds. The normalized spacial score (nSPS) is 18.9. The molecule has 1 aliphatic heterocycles. The van der Waals surface area contributed by atoms with E-state index in [-0.39, 0.29) is 0 Å². The first-order valence-electron chi connectivity index (χ1n) is 7.25. The van der Waals surface area contributed by atoms with Crippen LogP contribution in [0, 0.1) is 0 Å². The van der Waals surface area contributed by atoms with Gasteiger partial charge in [-0.25, -0.2) is 4.98 Å². The lowest BCUT2D eigenvalue weighted by Gasteiger charge is -2.36. The van der Waals surface area contributed by atoms with Crippen LogP contribution in [-0.2, 0) is 11.3 Å². The minimum Gasteiger partial charge on any atom is -0.480 e. The molecule has 3 rings (SSSR count). The highest BCUT2D eigenvalue weighted by atomic mass is 16.4.